The van der Waals surface area contributed by atoms with E-state index in [1.807, 2.05) is 0 Å². The van der Waals surface area contributed by atoms with E-state index in [1.165, 1.54) is 0 Å². The van der Waals surface area contributed by atoms with Gasteiger partial charge in [0.05, 0.1) is 0 Å². The minimum Gasteiger partial charge on any atom is -0.342 e. The van der Waals surface area contributed by atoms with E-state index in [4.69, 9.17) is 5.14 Å². The summed E-state index contributed by atoms with van der Waals surface area (Å²) in [4.78, 5) is 12.5. The Bertz CT molecular complexity index is 424. The minimum absolute atomic E-state index is 0.0225. The van der Waals surface area contributed by atoms with Crippen LogP contribution in [0.3, 0.4) is 0 Å². The average molecular weight is 303 g/mol. The van der Waals surface area contributed by atoms with Gasteiger partial charge >= 0.3 is 6.18 Å². The lowest BCUT2D eigenvalue weighted by atomic mass is 9.98. The van der Waals surface area contributed by atoms with Gasteiger partial charge in [-0.15, -0.1) is 0 Å². The predicted molar refractivity (Wildman–Crippen MR) is 61.1 cm³/mol. The second-order valence-corrected chi connectivity index (χ2v) is 5.91. The van der Waals surface area contributed by atoms with Crippen molar-refractivity contribution in [2.24, 2.45) is 11.1 Å². The number of rotatable bonds is 4. The topological polar surface area (TPSA) is 92.5 Å². The molecule has 0 bridgehead atoms. The monoisotopic (exact) mass is 303 g/mol. The molecule has 3 N–H and O–H groups in total. The van der Waals surface area contributed by atoms with Gasteiger partial charge in [0, 0.05) is 19.6 Å². The summed E-state index contributed by atoms with van der Waals surface area (Å²) in [5, 5.41) is 4.76. The molecule has 1 rings (SSSR count). The normalized spacial score (nSPS) is 21.5. The molecular weight excluding hydrogens is 287 g/mol. The molecule has 112 valence electrons. The highest BCUT2D eigenvalue weighted by Crippen LogP contribution is 2.23. The van der Waals surface area contributed by atoms with E-state index < -0.39 is 28.7 Å². The van der Waals surface area contributed by atoms with Gasteiger partial charge in [0.15, 0.2) is 0 Å². The molecule has 1 fully saturated rings. The zero-order chi connectivity index (χ0) is 14.7. The first kappa shape index (κ1) is 16.2. The predicted octanol–water partition coefficient (Wildman–Crippen LogP) is -0.0295. The number of likely N-dealkylation sites (tertiary alicyclic amines) is 1. The first-order chi connectivity index (χ1) is 8.57. The van der Waals surface area contributed by atoms with Crippen molar-refractivity contribution < 1.29 is 26.4 Å². The third kappa shape index (κ3) is 6.73. The molecule has 10 heteroatoms. The van der Waals surface area contributed by atoms with Gasteiger partial charge in [-0.05, 0) is 18.8 Å². The SMILES string of the molecule is NS(=O)(=O)NCC1CCCN(C(=O)CC(F)(F)F)C1. The summed E-state index contributed by atoms with van der Waals surface area (Å²) in [5.41, 5.74) is 0. The molecule has 0 aromatic heterocycles. The molecule has 19 heavy (non-hydrogen) atoms. The number of piperidine rings is 1. The first-order valence-electron chi connectivity index (χ1n) is 5.69. The van der Waals surface area contributed by atoms with Crippen LogP contribution in [0, 0.1) is 5.92 Å². The van der Waals surface area contributed by atoms with Crippen LogP contribution in [0.1, 0.15) is 19.3 Å². The van der Waals surface area contributed by atoms with Gasteiger partial charge < -0.3 is 4.90 Å². The van der Waals surface area contributed by atoms with E-state index in [1.54, 1.807) is 0 Å². The number of hydrogen-bond donors (Lipinski definition) is 2. The Morgan fingerprint density at radius 3 is 2.58 bits per heavy atom. The maximum Gasteiger partial charge on any atom is 0.397 e. The third-order valence-corrected chi connectivity index (χ3v) is 3.37. The number of hydrogen-bond acceptors (Lipinski definition) is 3. The van der Waals surface area contributed by atoms with Crippen molar-refractivity contribution in [3.8, 4) is 0 Å². The summed E-state index contributed by atoms with van der Waals surface area (Å²) >= 11 is 0. The summed E-state index contributed by atoms with van der Waals surface area (Å²) in [7, 11) is -3.82. The standard InChI is InChI=1S/C9H16F3N3O3S/c10-9(11,12)4-8(16)15-3-1-2-7(6-15)5-14-19(13,17)18/h7,14H,1-6H2,(H2,13,17,18). The second kappa shape index (κ2) is 6.06. The van der Waals surface area contributed by atoms with Crippen molar-refractivity contribution in [2.75, 3.05) is 19.6 Å². The molecule has 0 saturated carbocycles. The van der Waals surface area contributed by atoms with Crippen LogP contribution in [0.15, 0.2) is 0 Å². The van der Waals surface area contributed by atoms with Crippen molar-refractivity contribution in [3.05, 3.63) is 0 Å². The van der Waals surface area contributed by atoms with Crippen LogP contribution in [0.4, 0.5) is 13.2 Å². The summed E-state index contributed by atoms with van der Waals surface area (Å²) in [5.74, 6) is -1.20. The van der Waals surface area contributed by atoms with Gasteiger partial charge in [0.25, 0.3) is 10.2 Å². The lowest BCUT2D eigenvalue weighted by molar-refractivity contribution is -0.162. The molecule has 0 spiro atoms. The van der Waals surface area contributed by atoms with Gasteiger partial charge in [-0.3, -0.25) is 4.79 Å². The number of halogens is 3. The Kier molecular flexibility index (Phi) is 5.16. The van der Waals surface area contributed by atoms with Crippen molar-refractivity contribution in [2.45, 2.75) is 25.4 Å². The molecule has 1 amide bonds. The number of alkyl halides is 3. The van der Waals surface area contributed by atoms with Gasteiger partial charge in [-0.2, -0.15) is 21.6 Å². The van der Waals surface area contributed by atoms with Crippen LogP contribution < -0.4 is 9.86 Å². The van der Waals surface area contributed by atoms with Crippen LogP contribution in [-0.4, -0.2) is 45.0 Å². The first-order valence-corrected chi connectivity index (χ1v) is 7.23. The lowest BCUT2D eigenvalue weighted by Gasteiger charge is -2.33. The highest BCUT2D eigenvalue weighted by Gasteiger charge is 2.35. The minimum atomic E-state index is -4.52. The Hall–Kier alpha value is -0.870. The van der Waals surface area contributed by atoms with Crippen molar-refractivity contribution in [1.82, 2.24) is 9.62 Å². The molecule has 0 radical (unpaired) electrons. The quantitative estimate of drug-likeness (QED) is 0.764. The van der Waals surface area contributed by atoms with Crippen LogP contribution in [-0.2, 0) is 15.0 Å². The number of nitrogens with zero attached hydrogens (tertiary/aromatic N) is 1. The summed E-state index contributed by atoms with van der Waals surface area (Å²) in [6, 6.07) is 0. The fraction of sp³-hybridized carbons (Fsp3) is 0.889. The molecule has 6 nitrogen and oxygen atoms in total. The number of carbonyl (C=O) groups is 1. The molecule has 1 heterocycles. The van der Waals surface area contributed by atoms with E-state index in [0.29, 0.717) is 12.8 Å². The number of carbonyl (C=O) groups excluding carboxylic acids is 1. The molecule has 1 aliphatic heterocycles. The molecule has 0 aromatic rings. The van der Waals surface area contributed by atoms with Crippen LogP contribution in [0.25, 0.3) is 0 Å². The average Bonchev–Trinajstić information content (AvgIpc) is 2.23. The largest absolute Gasteiger partial charge is 0.397 e. The highest BCUT2D eigenvalue weighted by molar-refractivity contribution is 7.87. The molecule has 0 aliphatic carbocycles. The number of amides is 1. The van der Waals surface area contributed by atoms with E-state index in [0.717, 1.165) is 4.90 Å². The Labute approximate surface area is 109 Å². The van der Waals surface area contributed by atoms with Crippen LogP contribution >= 0.6 is 0 Å². The summed E-state index contributed by atoms with van der Waals surface area (Å²) in [6.07, 6.45) is -4.83. The van der Waals surface area contributed by atoms with E-state index >= 15 is 0 Å². The third-order valence-electron chi connectivity index (χ3n) is 2.80. The zero-order valence-corrected chi connectivity index (χ0v) is 10.9. The molecular formula is C9H16F3N3O3S. The van der Waals surface area contributed by atoms with Crippen molar-refractivity contribution in [1.29, 1.82) is 0 Å². The van der Waals surface area contributed by atoms with E-state index in [-0.39, 0.29) is 25.6 Å². The molecule has 1 saturated heterocycles. The van der Waals surface area contributed by atoms with Crippen molar-refractivity contribution in [3.63, 3.8) is 0 Å². The highest BCUT2D eigenvalue weighted by atomic mass is 32.2. The van der Waals surface area contributed by atoms with E-state index in [2.05, 4.69) is 4.72 Å². The second-order valence-electron chi connectivity index (χ2n) is 4.53. The van der Waals surface area contributed by atoms with Gasteiger partial charge in [-0.1, -0.05) is 0 Å². The molecule has 1 atom stereocenters. The van der Waals surface area contributed by atoms with Gasteiger partial charge in [0.1, 0.15) is 6.42 Å². The number of nitrogens with one attached hydrogen (secondary N) is 1. The summed E-state index contributed by atoms with van der Waals surface area (Å²) in [6.45, 7) is 0.396. The molecule has 1 aliphatic rings. The zero-order valence-electron chi connectivity index (χ0n) is 10.1. The molecule has 1 unspecified atom stereocenters. The smallest absolute Gasteiger partial charge is 0.342 e. The Morgan fingerprint density at radius 2 is 2.05 bits per heavy atom. The Morgan fingerprint density at radius 1 is 1.42 bits per heavy atom. The molecule has 0 aromatic carbocycles. The van der Waals surface area contributed by atoms with Crippen LogP contribution in [0.2, 0.25) is 0 Å². The van der Waals surface area contributed by atoms with Crippen molar-refractivity contribution >= 4 is 16.1 Å². The summed E-state index contributed by atoms with van der Waals surface area (Å²) < 4.78 is 59.8. The Balaban J connectivity index is 2.48. The maximum absolute atomic E-state index is 12.1. The van der Waals surface area contributed by atoms with Gasteiger partial charge in [0.2, 0.25) is 5.91 Å². The lowest BCUT2D eigenvalue weighted by Crippen LogP contribution is -2.45. The van der Waals surface area contributed by atoms with E-state index in [9.17, 15) is 26.4 Å². The maximum atomic E-state index is 12.1. The number of nitrogens with two attached hydrogens (primary N) is 1. The fourth-order valence-electron chi connectivity index (χ4n) is 1.98. The fourth-order valence-corrected chi connectivity index (χ4v) is 2.44. The van der Waals surface area contributed by atoms with Gasteiger partial charge in [-0.25, -0.2) is 9.86 Å². The van der Waals surface area contributed by atoms with Crippen LogP contribution in [0.5, 0.6) is 0 Å².